The van der Waals surface area contributed by atoms with Crippen LogP contribution >= 0.6 is 23.1 Å². The van der Waals surface area contributed by atoms with Crippen LogP contribution in [-0.2, 0) is 0 Å². The minimum Gasteiger partial charge on any atom is -0.487 e. The van der Waals surface area contributed by atoms with Crippen molar-refractivity contribution in [1.82, 2.24) is 30.7 Å². The molecule has 26 heavy (non-hydrogen) atoms. The summed E-state index contributed by atoms with van der Waals surface area (Å²) in [6.07, 6.45) is 3.48. The molecule has 0 atom stereocenters. The van der Waals surface area contributed by atoms with E-state index < -0.39 is 5.91 Å². The molecule has 3 N–H and O–H groups in total. The summed E-state index contributed by atoms with van der Waals surface area (Å²) < 4.78 is 12.1. The monoisotopic (exact) mass is 394 g/mol. The molecule has 0 saturated heterocycles. The lowest BCUT2D eigenvalue weighted by atomic mass is 10.3. The van der Waals surface area contributed by atoms with Gasteiger partial charge in [0, 0.05) is 5.56 Å². The molecular weight excluding hydrogens is 380 g/mol. The number of hydrogen-bond donors (Lipinski definition) is 2. The summed E-state index contributed by atoms with van der Waals surface area (Å²) in [7, 11) is 1.58. The third-order valence-corrected chi connectivity index (χ3v) is 5.44. The lowest BCUT2D eigenvalue weighted by Crippen LogP contribution is -2.19. The molecule has 0 unspecified atom stereocenters. The fourth-order valence-corrected chi connectivity index (χ4v) is 3.49. The fraction of sp³-hybridized carbons (Fsp3) is 0.231. The first-order valence-electron chi connectivity index (χ1n) is 7.11. The van der Waals surface area contributed by atoms with Crippen molar-refractivity contribution in [3.63, 3.8) is 0 Å². The number of hydrazone groups is 1. The Bertz CT molecular complexity index is 961. The van der Waals surface area contributed by atoms with Crippen LogP contribution in [-0.4, -0.2) is 50.8 Å². The number of carbonyl (C=O) groups is 1. The molecule has 11 nitrogen and oxygen atoms in total. The second-order valence-corrected chi connectivity index (χ2v) is 6.95. The smallest absolute Gasteiger partial charge is 0.293 e. The number of nitrogens with zero attached hydrogens (tertiary/aromatic N) is 6. The second kappa shape index (κ2) is 7.53. The average Bonchev–Trinajstić information content (AvgIpc) is 3.33. The van der Waals surface area contributed by atoms with E-state index in [2.05, 4.69) is 35.8 Å². The fourth-order valence-electron chi connectivity index (χ4n) is 2.01. The highest BCUT2D eigenvalue weighted by Gasteiger charge is 2.20. The van der Waals surface area contributed by atoms with E-state index in [4.69, 9.17) is 10.5 Å². The van der Waals surface area contributed by atoms with Crippen LogP contribution in [0.15, 0.2) is 20.0 Å². The number of ether oxygens (including phenoxy) is 1. The van der Waals surface area contributed by atoms with Crippen molar-refractivity contribution < 1.29 is 14.2 Å². The quantitative estimate of drug-likeness (QED) is 0.356. The van der Waals surface area contributed by atoms with Gasteiger partial charge in [0.15, 0.2) is 10.8 Å². The molecule has 0 spiro atoms. The highest BCUT2D eigenvalue weighted by Crippen LogP contribution is 2.34. The van der Waals surface area contributed by atoms with Gasteiger partial charge in [-0.05, 0) is 29.6 Å². The number of amides is 1. The van der Waals surface area contributed by atoms with Crippen LogP contribution in [0, 0.1) is 6.92 Å². The van der Waals surface area contributed by atoms with Gasteiger partial charge in [-0.3, -0.25) is 4.79 Å². The molecule has 1 amide bonds. The molecule has 0 radical (unpaired) electrons. The first-order chi connectivity index (χ1) is 12.5. The molecule has 0 saturated carbocycles. The summed E-state index contributed by atoms with van der Waals surface area (Å²) >= 11 is 3.10. The highest BCUT2D eigenvalue weighted by atomic mass is 32.2. The van der Waals surface area contributed by atoms with Crippen LogP contribution in [0.2, 0.25) is 0 Å². The van der Waals surface area contributed by atoms with Gasteiger partial charge in [-0.1, -0.05) is 16.6 Å². The minimum absolute atomic E-state index is 0.0390. The zero-order valence-electron chi connectivity index (χ0n) is 14.0. The summed E-state index contributed by atoms with van der Waals surface area (Å²) in [6, 6.07) is 1.92. The van der Waals surface area contributed by atoms with Crippen LogP contribution in [0.1, 0.15) is 21.7 Å². The molecule has 0 aromatic carbocycles. The van der Waals surface area contributed by atoms with Gasteiger partial charge in [0.2, 0.25) is 11.6 Å². The van der Waals surface area contributed by atoms with E-state index in [-0.39, 0.29) is 17.3 Å². The summed E-state index contributed by atoms with van der Waals surface area (Å²) in [5, 5.41) is 19.4. The highest BCUT2D eigenvalue weighted by molar-refractivity contribution is 8.00. The van der Waals surface area contributed by atoms with E-state index in [0.717, 1.165) is 9.77 Å². The first-order valence-corrected chi connectivity index (χ1v) is 9.15. The summed E-state index contributed by atoms with van der Waals surface area (Å²) in [6.45, 7) is 1.64. The lowest BCUT2D eigenvalue weighted by Gasteiger charge is -1.99. The minimum atomic E-state index is -0.528. The zero-order chi connectivity index (χ0) is 18.7. The number of carbonyl (C=O) groups excluding carboxylic acids is 1. The Balaban J connectivity index is 1.74. The number of thiophene rings is 1. The van der Waals surface area contributed by atoms with Crippen molar-refractivity contribution in [2.45, 2.75) is 11.1 Å². The van der Waals surface area contributed by atoms with Gasteiger partial charge in [0.05, 0.1) is 23.2 Å². The van der Waals surface area contributed by atoms with Gasteiger partial charge in [-0.25, -0.2) is 10.1 Å². The van der Waals surface area contributed by atoms with Crippen LogP contribution < -0.4 is 15.9 Å². The van der Waals surface area contributed by atoms with Crippen molar-refractivity contribution in [3.05, 3.63) is 23.0 Å². The Morgan fingerprint density at radius 2 is 2.35 bits per heavy atom. The molecule has 0 aliphatic carbocycles. The van der Waals surface area contributed by atoms with Crippen molar-refractivity contribution in [1.29, 1.82) is 0 Å². The topological polar surface area (TPSA) is 146 Å². The van der Waals surface area contributed by atoms with E-state index >= 15 is 0 Å². The average molecular weight is 394 g/mol. The van der Waals surface area contributed by atoms with Gasteiger partial charge >= 0.3 is 0 Å². The number of methoxy groups -OCH3 is 1. The number of aromatic nitrogens is 5. The number of anilines is 1. The molecule has 3 aromatic rings. The van der Waals surface area contributed by atoms with Gasteiger partial charge in [-0.2, -0.15) is 9.78 Å². The molecule has 0 aliphatic rings. The largest absolute Gasteiger partial charge is 0.487 e. The van der Waals surface area contributed by atoms with E-state index in [1.165, 1.54) is 22.2 Å². The van der Waals surface area contributed by atoms with Gasteiger partial charge in [0.25, 0.3) is 5.91 Å². The van der Waals surface area contributed by atoms with Crippen molar-refractivity contribution in [3.8, 4) is 10.9 Å². The SMILES string of the molecule is COc1sc(SC)cc1C=NNC(=O)c1nnn(-c2nonc2N)c1C. The third-order valence-electron chi connectivity index (χ3n) is 3.26. The van der Waals surface area contributed by atoms with Crippen molar-refractivity contribution in [2.75, 3.05) is 19.1 Å². The molecule has 3 aromatic heterocycles. The number of hydrogen-bond acceptors (Lipinski definition) is 11. The van der Waals surface area contributed by atoms with E-state index in [1.54, 1.807) is 25.8 Å². The molecule has 3 heterocycles. The summed E-state index contributed by atoms with van der Waals surface area (Å²) in [5.74, 6) is -0.332. The Hall–Kier alpha value is -2.93. The van der Waals surface area contributed by atoms with Crippen LogP contribution in [0.25, 0.3) is 5.82 Å². The lowest BCUT2D eigenvalue weighted by molar-refractivity contribution is 0.0949. The molecule has 3 rings (SSSR count). The van der Waals surface area contributed by atoms with Crippen LogP contribution in [0.4, 0.5) is 5.82 Å². The predicted octanol–water partition coefficient (Wildman–Crippen LogP) is 1.10. The summed E-state index contributed by atoms with van der Waals surface area (Å²) in [4.78, 5) is 12.3. The third kappa shape index (κ3) is 3.39. The summed E-state index contributed by atoms with van der Waals surface area (Å²) in [5.41, 5.74) is 9.28. The number of rotatable bonds is 6. The van der Waals surface area contributed by atoms with Gasteiger partial charge in [-0.15, -0.1) is 16.9 Å². The van der Waals surface area contributed by atoms with Gasteiger partial charge < -0.3 is 10.5 Å². The van der Waals surface area contributed by atoms with Crippen LogP contribution in [0.5, 0.6) is 5.06 Å². The molecule has 0 bridgehead atoms. The first kappa shape index (κ1) is 17.9. The maximum Gasteiger partial charge on any atom is 0.293 e. The molecule has 0 aliphatic heterocycles. The predicted molar refractivity (Wildman–Crippen MR) is 96.1 cm³/mol. The maximum atomic E-state index is 12.3. The Labute approximate surface area is 155 Å². The molecule has 13 heteroatoms. The number of nitrogens with one attached hydrogen (secondary N) is 1. The Kier molecular flexibility index (Phi) is 5.18. The maximum absolute atomic E-state index is 12.3. The number of nitrogen functional groups attached to an aromatic ring is 1. The van der Waals surface area contributed by atoms with E-state index in [9.17, 15) is 4.79 Å². The molecule has 136 valence electrons. The normalized spacial score (nSPS) is 11.2. The Morgan fingerprint density at radius 1 is 1.54 bits per heavy atom. The van der Waals surface area contributed by atoms with Gasteiger partial charge in [0.1, 0.15) is 0 Å². The zero-order valence-corrected chi connectivity index (χ0v) is 15.6. The number of thioether (sulfide) groups is 1. The van der Waals surface area contributed by atoms with Crippen LogP contribution in [0.3, 0.4) is 0 Å². The van der Waals surface area contributed by atoms with Crippen molar-refractivity contribution >= 4 is 41.0 Å². The standard InChI is InChI=1S/C13H14N8O3S2/c1-6-9(16-20-21(6)11-10(14)18-24-19-11)12(22)17-15-5-7-4-8(25-3)26-13(7)23-2/h4-5H,1-3H3,(H2,14,18)(H,17,22). The molecule has 0 fully saturated rings. The van der Waals surface area contributed by atoms with E-state index in [0.29, 0.717) is 10.8 Å². The number of nitrogens with two attached hydrogens (primary N) is 1. The Morgan fingerprint density at radius 3 is 3.00 bits per heavy atom. The second-order valence-electron chi connectivity index (χ2n) is 4.82. The van der Waals surface area contributed by atoms with Crippen molar-refractivity contribution in [2.24, 2.45) is 5.10 Å². The molecular formula is C13H14N8O3S2. The van der Waals surface area contributed by atoms with E-state index in [1.807, 2.05) is 12.3 Å².